The predicted octanol–water partition coefficient (Wildman–Crippen LogP) is -3.87. The molecule has 6 fully saturated rings. The van der Waals surface area contributed by atoms with Crippen LogP contribution in [0.15, 0.2) is 77.3 Å². The van der Waals surface area contributed by atoms with Gasteiger partial charge in [0.25, 0.3) is 27.8 Å². The molecule has 0 bridgehead atoms. The molecule has 6 aliphatic rings. The van der Waals surface area contributed by atoms with Crippen LogP contribution in [0.3, 0.4) is 0 Å². The van der Waals surface area contributed by atoms with Gasteiger partial charge in [0.05, 0.1) is 71.1 Å². The van der Waals surface area contributed by atoms with E-state index in [1.54, 1.807) is 0 Å². The number of fused-ring (bicyclic) bond motifs is 4. The lowest BCUT2D eigenvalue weighted by atomic mass is 10.2. The maximum Gasteiger partial charge on any atom is 0.472 e. The van der Waals surface area contributed by atoms with Gasteiger partial charge in [-0.15, -0.1) is 0 Å². The van der Waals surface area contributed by atoms with E-state index >= 15 is 0 Å². The van der Waals surface area contributed by atoms with Crippen LogP contribution in [0.2, 0.25) is 0 Å². The number of nitrogens with zero attached hydrogens (tertiary/aromatic N) is 15. The Kier molecular flexibility index (Phi) is 24.2. The van der Waals surface area contributed by atoms with Crippen LogP contribution >= 0.6 is 39.1 Å². The zero-order chi connectivity index (χ0) is 88.1. The summed E-state index contributed by atoms with van der Waals surface area (Å²) in [5.41, 5.74) is 22.0. The van der Waals surface area contributed by atoms with Gasteiger partial charge in [-0.1, -0.05) is 0 Å². The second kappa shape index (κ2) is 34.2. The summed E-state index contributed by atoms with van der Waals surface area (Å²) in [5, 5.41) is 21.2. The van der Waals surface area contributed by atoms with Crippen LogP contribution in [-0.2, 0) is 96.5 Å². The summed E-state index contributed by atoms with van der Waals surface area (Å²) in [7, 11) is -27.6. The minimum Gasteiger partial charge on any atom is -0.394 e. The molecule has 23 atom stereocenters. The molecule has 0 aromatic carbocycles. The molecule has 6 aliphatic heterocycles. The first-order valence-electron chi connectivity index (χ1n) is 36.7. The van der Waals surface area contributed by atoms with Crippen LogP contribution in [0.1, 0.15) is 81.5 Å². The largest absolute Gasteiger partial charge is 0.472 e. The molecule has 60 nitrogen and oxygen atoms in total. The van der Waals surface area contributed by atoms with Gasteiger partial charge in [-0.05, 0) is 13.0 Å². The SMILES string of the molecule is Cc1cn([C@H]2C[C@H](O)[C@@H](COP(=O)(O)O[C@H]3C[C@H](n4cnc5c(=O)[nH]c(N)nc54)O[C@@H]3COP(=O)(O)O[C@H]3C[C@H](n4cnc5c(=O)[nH]c(N)nc54)O[C@@H]3COP(=O)(O)O[C@H]3C[C@H](n4ccc(N)nc4=O)O[C@@H]3COP(=O)(O)O[C@H]3C[C@H](n4cnc5c(=O)[nH]c(N)nc54)O[C@@H]3COP(=O)(O)O[C@H]3C[C@H](n4cnc5c(=O)[nH]c(N)nc54)O[C@@H]3CO)O2)c(=O)[nH]c1=O. The number of rotatable bonds is 32. The van der Waals surface area contributed by atoms with Gasteiger partial charge in [0.2, 0.25) is 23.8 Å². The average Bonchev–Trinajstić information content (AvgIpc) is 1.63. The van der Waals surface area contributed by atoms with E-state index in [-0.39, 0.29) is 86.7 Å². The number of aryl methyl sites for hydroxylation is 1. The topological polar surface area (TPSA) is 849 Å². The standard InChI is InChI=1S/C59H74N25O35P5/c1-21-10-80(59(93)78-49(21)87)35-4-22(86)29(110-35)12-104-120(94,95)117-25-7-38(82-18-66-42-46(82)71-55(62)75-51(42)89)113-32(25)15-108-124(102,103)119-27-9-40(84-20-68-44-48(84)73-57(64)77-53(44)91)114-33(27)16-107-122(98,99)116-24-6-36(79-3-2-34(60)69-58(79)92)111-30(24)13-106-123(100,101)118-26-8-39(83-19-67-43-47(83)72-56(63)76-52(43)90)112-31(26)14-105-121(96,97)115-23-5-37(109-28(23)11-85)81-17-65-41-45(81)70-54(61)74-50(41)88/h2-3,10,17-20,22-33,35-40,85-86H,4-9,11-16H2,1H3,(H,94,95)(H,96,97)(H,98,99)(H,100,101)(H,102,103)(H2,60,69,92)(H,78,87,93)(H3,61,70,74,88)(H3,62,71,75,89)(H3,63,72,76,90)(H3,64,73,77,91)/t22-,23-,24-,25-,26-,27-,28+,29+,30+,31+,32+,33+,35+,36+,37+,38+,39+,40+/m0/s1. The van der Waals surface area contributed by atoms with Gasteiger partial charge in [-0.25, -0.2) is 52.4 Å². The fraction of sp³-hybridized carbons (Fsp3) is 0.525. The van der Waals surface area contributed by atoms with E-state index in [0.29, 0.717) is 0 Å². The zero-order valence-corrected chi connectivity index (χ0v) is 67.8. The molecular weight excluding hydrogens is 1770 g/mol. The van der Waals surface area contributed by atoms with Crippen molar-refractivity contribution < 1.29 is 131 Å². The Labute approximate surface area is 685 Å². The lowest BCUT2D eigenvalue weighted by molar-refractivity contribution is -0.0645. The van der Waals surface area contributed by atoms with E-state index in [2.05, 4.69) is 69.8 Å². The van der Waals surface area contributed by atoms with E-state index in [9.17, 15) is 91.1 Å². The Bertz CT molecular complexity index is 6470. The molecular formula is C59H74N25O35P5. The summed E-state index contributed by atoms with van der Waals surface area (Å²) in [6.07, 6.45) is -23.5. The van der Waals surface area contributed by atoms with Gasteiger partial charge < -0.3 is 91.8 Å². The molecule has 22 N–H and O–H groups in total. The van der Waals surface area contributed by atoms with Crippen LogP contribution < -0.4 is 67.8 Å². The number of hydrogen-bond acceptors (Lipinski definition) is 44. The molecule has 670 valence electrons. The van der Waals surface area contributed by atoms with Crippen molar-refractivity contribution in [2.75, 3.05) is 68.3 Å². The number of nitrogens with two attached hydrogens (primary N) is 5. The van der Waals surface area contributed by atoms with Crippen molar-refractivity contribution >= 4 is 113 Å². The summed E-state index contributed by atoms with van der Waals surface area (Å²) in [4.78, 5) is 194. The Hall–Kier alpha value is -9.81. The summed E-state index contributed by atoms with van der Waals surface area (Å²) in [6, 6.07) is 1.17. The van der Waals surface area contributed by atoms with Crippen molar-refractivity contribution in [2.24, 2.45) is 0 Å². The zero-order valence-electron chi connectivity index (χ0n) is 63.3. The fourth-order valence-electron chi connectivity index (χ4n) is 14.6. The third-order valence-electron chi connectivity index (χ3n) is 20.3. The van der Waals surface area contributed by atoms with Crippen LogP contribution in [0, 0.1) is 6.92 Å². The molecule has 0 aliphatic carbocycles. The first kappa shape index (κ1) is 87.7. The average molecular weight is 1850 g/mol. The second-order valence-corrected chi connectivity index (χ2v) is 35.6. The summed E-state index contributed by atoms with van der Waals surface area (Å²) < 4.78 is 169. The predicted molar refractivity (Wildman–Crippen MR) is 407 cm³/mol. The molecule has 6 saturated heterocycles. The first-order chi connectivity index (χ1) is 58.7. The summed E-state index contributed by atoms with van der Waals surface area (Å²) in [5.74, 6) is -1.68. The highest BCUT2D eigenvalue weighted by atomic mass is 31.2. The van der Waals surface area contributed by atoms with Crippen molar-refractivity contribution in [1.29, 1.82) is 0 Å². The molecule has 0 radical (unpaired) electrons. The number of nitrogen functional groups attached to an aromatic ring is 5. The van der Waals surface area contributed by atoms with E-state index in [1.165, 1.54) is 39.2 Å². The number of aliphatic hydroxyl groups excluding tert-OH is 2. The number of imidazole rings is 4. The number of aliphatic hydroxyl groups is 2. The first-order valence-corrected chi connectivity index (χ1v) is 44.2. The van der Waals surface area contributed by atoms with Gasteiger partial charge in [0.15, 0.2) is 44.7 Å². The molecule has 0 spiro atoms. The van der Waals surface area contributed by atoms with Gasteiger partial charge in [0.1, 0.15) is 110 Å². The third kappa shape index (κ3) is 18.7. The number of nitrogens with one attached hydrogen (secondary N) is 5. The third-order valence-corrected chi connectivity index (χ3v) is 25.4. The molecule has 0 saturated carbocycles. The van der Waals surface area contributed by atoms with Gasteiger partial charge >= 0.3 is 50.5 Å². The molecule has 5 unspecified atom stereocenters. The number of aromatic nitrogens is 20. The van der Waals surface area contributed by atoms with Crippen molar-refractivity contribution in [3.63, 3.8) is 0 Å². The monoisotopic (exact) mass is 1850 g/mol. The molecule has 16 rings (SSSR count). The number of phosphoric acid groups is 5. The quantitative estimate of drug-likeness (QED) is 0.0179. The molecule has 0 amide bonds. The second-order valence-electron chi connectivity index (χ2n) is 28.6. The lowest BCUT2D eigenvalue weighted by Gasteiger charge is -2.26. The Morgan fingerprint density at radius 2 is 0.677 bits per heavy atom. The smallest absolute Gasteiger partial charge is 0.394 e. The Balaban J connectivity index is 0.612. The highest BCUT2D eigenvalue weighted by Gasteiger charge is 2.52. The number of H-pyrrole nitrogens is 5. The molecule has 10 aromatic heterocycles. The van der Waals surface area contributed by atoms with Crippen LogP contribution in [-0.4, -0.2) is 245 Å². The number of hydrogen-bond donors (Lipinski definition) is 17. The molecule has 124 heavy (non-hydrogen) atoms. The molecule has 65 heteroatoms. The molecule has 16 heterocycles. The maximum absolute atomic E-state index is 14.5. The lowest BCUT2D eigenvalue weighted by Crippen LogP contribution is -2.33. The highest BCUT2D eigenvalue weighted by Crippen LogP contribution is 2.57. The minimum atomic E-state index is -5.67. The number of phosphoric ester groups is 5. The van der Waals surface area contributed by atoms with Gasteiger partial charge in [-0.3, -0.25) is 122 Å². The van der Waals surface area contributed by atoms with Crippen molar-refractivity contribution in [3.8, 4) is 0 Å². The summed E-state index contributed by atoms with van der Waals surface area (Å²) >= 11 is 0. The minimum absolute atomic E-state index is 0.0434. The van der Waals surface area contributed by atoms with Crippen LogP contribution in [0.5, 0.6) is 0 Å². The van der Waals surface area contributed by atoms with E-state index in [0.717, 1.165) is 38.9 Å². The van der Waals surface area contributed by atoms with Gasteiger partial charge in [0, 0.05) is 56.5 Å². The fourth-order valence-corrected chi connectivity index (χ4v) is 19.4. The van der Waals surface area contributed by atoms with E-state index in [1.807, 2.05) is 0 Å². The Morgan fingerprint density at radius 3 is 0.992 bits per heavy atom. The number of anilines is 5. The maximum atomic E-state index is 14.5. The summed E-state index contributed by atoms with van der Waals surface area (Å²) in [6.45, 7) is -4.62. The highest BCUT2D eigenvalue weighted by molar-refractivity contribution is 7.48. The van der Waals surface area contributed by atoms with E-state index < -0.39 is 260 Å². The van der Waals surface area contributed by atoms with Crippen LogP contribution in [0.4, 0.5) is 29.6 Å². The van der Waals surface area contributed by atoms with Crippen molar-refractivity contribution in [1.82, 2.24) is 97.2 Å². The number of ether oxygens (including phenoxy) is 6. The number of aromatic amines is 5. The van der Waals surface area contributed by atoms with Crippen LogP contribution in [0.25, 0.3) is 44.7 Å². The normalized spacial score (nSPS) is 29.2. The Morgan fingerprint density at radius 1 is 0.395 bits per heavy atom. The van der Waals surface area contributed by atoms with Crippen molar-refractivity contribution in [2.45, 2.75) is 156 Å². The molecule has 10 aromatic rings. The van der Waals surface area contributed by atoms with E-state index in [4.69, 9.17) is 102 Å². The van der Waals surface area contributed by atoms with Gasteiger partial charge in [-0.2, -0.15) is 24.9 Å². The van der Waals surface area contributed by atoms with Crippen molar-refractivity contribution in [3.05, 3.63) is 122 Å².